The molecular weight excluding hydrogens is 330 g/mol. The highest BCUT2D eigenvalue weighted by molar-refractivity contribution is 9.10. The van der Waals surface area contributed by atoms with E-state index in [0.717, 1.165) is 4.47 Å². The Labute approximate surface area is 133 Å². The zero-order valence-electron chi connectivity index (χ0n) is 12.3. The third-order valence-corrected chi connectivity index (χ3v) is 3.73. The lowest BCUT2D eigenvalue weighted by Crippen LogP contribution is -2.33. The third kappa shape index (κ3) is 3.85. The molecule has 0 aliphatic rings. The predicted molar refractivity (Wildman–Crippen MR) is 87.9 cm³/mol. The van der Waals surface area contributed by atoms with Crippen LogP contribution in [0.15, 0.2) is 53.0 Å². The van der Waals surface area contributed by atoms with Crippen molar-refractivity contribution in [3.05, 3.63) is 58.6 Å². The molecule has 0 heterocycles. The second kappa shape index (κ2) is 6.76. The van der Waals surface area contributed by atoms with Crippen molar-refractivity contribution in [2.45, 2.75) is 19.9 Å². The third-order valence-electron chi connectivity index (χ3n) is 3.24. The Morgan fingerprint density at radius 2 is 1.86 bits per heavy atom. The largest absolute Gasteiger partial charge is 0.456 e. The summed E-state index contributed by atoms with van der Waals surface area (Å²) < 4.78 is 6.80. The molecule has 4 heteroatoms. The fourth-order valence-corrected chi connectivity index (χ4v) is 2.19. The number of carbonyl (C=O) groups excluding carboxylic acids is 1. The molecule has 0 atom stereocenters. The summed E-state index contributed by atoms with van der Waals surface area (Å²) in [5.74, 6) is 1.21. The molecular formula is C17H18BrNO2. The Balaban J connectivity index is 2.31. The molecule has 0 saturated heterocycles. The van der Waals surface area contributed by atoms with Crippen LogP contribution >= 0.6 is 15.9 Å². The second-order valence-electron chi connectivity index (χ2n) is 5.07. The van der Waals surface area contributed by atoms with Crippen molar-refractivity contribution >= 4 is 21.8 Å². The van der Waals surface area contributed by atoms with Gasteiger partial charge in [0.25, 0.3) is 5.91 Å². The quantitative estimate of drug-likeness (QED) is 0.800. The maximum Gasteiger partial charge on any atom is 0.257 e. The highest BCUT2D eigenvalue weighted by Crippen LogP contribution is 2.28. The average Bonchev–Trinajstić information content (AvgIpc) is 2.46. The molecule has 0 bridgehead atoms. The van der Waals surface area contributed by atoms with E-state index in [-0.39, 0.29) is 11.9 Å². The zero-order valence-corrected chi connectivity index (χ0v) is 13.9. The first-order chi connectivity index (χ1) is 9.99. The van der Waals surface area contributed by atoms with E-state index >= 15 is 0 Å². The van der Waals surface area contributed by atoms with Gasteiger partial charge in [0.1, 0.15) is 11.5 Å². The zero-order chi connectivity index (χ0) is 15.4. The van der Waals surface area contributed by atoms with Crippen molar-refractivity contribution in [3.63, 3.8) is 0 Å². The number of carbonyl (C=O) groups is 1. The van der Waals surface area contributed by atoms with Crippen molar-refractivity contribution < 1.29 is 9.53 Å². The summed E-state index contributed by atoms with van der Waals surface area (Å²) in [5.41, 5.74) is 0.564. The van der Waals surface area contributed by atoms with E-state index in [2.05, 4.69) is 15.9 Å². The molecule has 0 aliphatic carbocycles. The maximum atomic E-state index is 12.5. The average molecular weight is 348 g/mol. The first-order valence-electron chi connectivity index (χ1n) is 6.78. The van der Waals surface area contributed by atoms with Crippen LogP contribution in [0.25, 0.3) is 0 Å². The Kier molecular flexibility index (Phi) is 5.02. The lowest BCUT2D eigenvalue weighted by Gasteiger charge is -2.22. The summed E-state index contributed by atoms with van der Waals surface area (Å²) in [5, 5.41) is 0. The van der Waals surface area contributed by atoms with E-state index in [1.165, 1.54) is 0 Å². The van der Waals surface area contributed by atoms with E-state index in [1.54, 1.807) is 18.0 Å². The van der Waals surface area contributed by atoms with Gasteiger partial charge in [-0.3, -0.25) is 4.79 Å². The van der Waals surface area contributed by atoms with E-state index in [9.17, 15) is 4.79 Å². The van der Waals surface area contributed by atoms with E-state index < -0.39 is 0 Å². The molecule has 21 heavy (non-hydrogen) atoms. The van der Waals surface area contributed by atoms with E-state index in [4.69, 9.17) is 4.74 Å². The molecule has 0 spiro atoms. The molecule has 0 saturated carbocycles. The molecule has 0 aliphatic heterocycles. The number of amides is 1. The van der Waals surface area contributed by atoms with E-state index in [1.807, 2.05) is 56.3 Å². The van der Waals surface area contributed by atoms with Gasteiger partial charge >= 0.3 is 0 Å². The number of rotatable bonds is 4. The van der Waals surface area contributed by atoms with Crippen molar-refractivity contribution in [1.82, 2.24) is 4.90 Å². The van der Waals surface area contributed by atoms with Crippen molar-refractivity contribution in [3.8, 4) is 11.5 Å². The van der Waals surface area contributed by atoms with Crippen LogP contribution in [-0.4, -0.2) is 23.9 Å². The minimum Gasteiger partial charge on any atom is -0.456 e. The number of hydrogen-bond donors (Lipinski definition) is 0. The van der Waals surface area contributed by atoms with E-state index in [0.29, 0.717) is 17.1 Å². The molecule has 2 aromatic carbocycles. The minimum absolute atomic E-state index is 0.0457. The number of para-hydroxylation sites is 1. The van der Waals surface area contributed by atoms with Gasteiger partial charge in [0, 0.05) is 17.6 Å². The fourth-order valence-electron chi connectivity index (χ4n) is 1.81. The highest BCUT2D eigenvalue weighted by atomic mass is 79.9. The molecule has 0 radical (unpaired) electrons. The molecule has 3 nitrogen and oxygen atoms in total. The number of halogens is 1. The molecule has 0 fully saturated rings. The molecule has 110 valence electrons. The molecule has 2 rings (SSSR count). The number of hydrogen-bond acceptors (Lipinski definition) is 2. The van der Waals surface area contributed by atoms with Gasteiger partial charge in [-0.25, -0.2) is 0 Å². The number of nitrogens with zero attached hydrogens (tertiary/aromatic N) is 1. The Hall–Kier alpha value is -1.81. The summed E-state index contributed by atoms with van der Waals surface area (Å²) in [7, 11) is 1.79. The number of ether oxygens (including phenoxy) is 1. The fraction of sp³-hybridized carbons (Fsp3) is 0.235. The summed E-state index contributed by atoms with van der Waals surface area (Å²) >= 11 is 3.41. The van der Waals surface area contributed by atoms with Gasteiger partial charge < -0.3 is 9.64 Å². The van der Waals surface area contributed by atoms with Crippen LogP contribution in [-0.2, 0) is 0 Å². The van der Waals surface area contributed by atoms with Gasteiger partial charge in [-0.15, -0.1) is 0 Å². The van der Waals surface area contributed by atoms with Crippen LogP contribution in [0.5, 0.6) is 11.5 Å². The Morgan fingerprint density at radius 1 is 1.14 bits per heavy atom. The van der Waals surface area contributed by atoms with Crippen molar-refractivity contribution in [2.75, 3.05) is 7.05 Å². The smallest absolute Gasteiger partial charge is 0.257 e. The van der Waals surface area contributed by atoms with Crippen LogP contribution < -0.4 is 4.74 Å². The Morgan fingerprint density at radius 3 is 2.52 bits per heavy atom. The normalized spacial score (nSPS) is 10.5. The van der Waals surface area contributed by atoms with Crippen molar-refractivity contribution in [2.24, 2.45) is 0 Å². The predicted octanol–water partition coefficient (Wildman–Crippen LogP) is 4.72. The van der Waals surface area contributed by atoms with Gasteiger partial charge in [0.05, 0.1) is 5.56 Å². The van der Waals surface area contributed by atoms with Crippen LogP contribution in [0.1, 0.15) is 24.2 Å². The summed E-state index contributed by atoms with van der Waals surface area (Å²) in [6, 6.07) is 15.0. The first-order valence-corrected chi connectivity index (χ1v) is 7.58. The number of benzene rings is 2. The molecule has 0 aromatic heterocycles. The first kappa shape index (κ1) is 15.6. The molecule has 1 amide bonds. The van der Waals surface area contributed by atoms with Gasteiger partial charge in [-0.05, 0) is 44.2 Å². The highest BCUT2D eigenvalue weighted by Gasteiger charge is 2.18. The minimum atomic E-state index is -0.0457. The van der Waals surface area contributed by atoms with Gasteiger partial charge in [0.2, 0.25) is 0 Å². The van der Waals surface area contributed by atoms with Crippen LogP contribution in [0.3, 0.4) is 0 Å². The Bertz CT molecular complexity index is 640. The monoisotopic (exact) mass is 347 g/mol. The lowest BCUT2D eigenvalue weighted by molar-refractivity contribution is 0.0752. The summed E-state index contributed by atoms with van der Waals surface area (Å²) in [4.78, 5) is 14.2. The van der Waals surface area contributed by atoms with Crippen molar-refractivity contribution in [1.29, 1.82) is 0 Å². The SMILES string of the molecule is CC(C)N(C)C(=O)c1ccccc1Oc1cccc(Br)c1. The molecule has 0 N–H and O–H groups in total. The van der Waals surface area contributed by atoms with Crippen LogP contribution in [0.4, 0.5) is 0 Å². The standard InChI is InChI=1S/C17H18BrNO2/c1-12(2)19(3)17(20)15-9-4-5-10-16(15)21-14-8-6-7-13(18)11-14/h4-12H,1-3H3. The van der Waals surface area contributed by atoms with Gasteiger partial charge in [-0.2, -0.15) is 0 Å². The van der Waals surface area contributed by atoms with Gasteiger partial charge in [-0.1, -0.05) is 34.1 Å². The second-order valence-corrected chi connectivity index (χ2v) is 5.98. The van der Waals surface area contributed by atoms with Crippen LogP contribution in [0, 0.1) is 0 Å². The topological polar surface area (TPSA) is 29.5 Å². The maximum absolute atomic E-state index is 12.5. The molecule has 0 unspecified atom stereocenters. The lowest BCUT2D eigenvalue weighted by atomic mass is 10.1. The summed E-state index contributed by atoms with van der Waals surface area (Å²) in [6.07, 6.45) is 0. The van der Waals surface area contributed by atoms with Crippen LogP contribution in [0.2, 0.25) is 0 Å². The summed E-state index contributed by atoms with van der Waals surface area (Å²) in [6.45, 7) is 3.96. The van der Waals surface area contributed by atoms with Gasteiger partial charge in [0.15, 0.2) is 0 Å². The molecule has 2 aromatic rings.